The largest absolute Gasteiger partial charge is 0.497 e. The molecule has 0 saturated carbocycles. The van der Waals surface area contributed by atoms with Gasteiger partial charge in [-0.1, -0.05) is 42.5 Å². The van der Waals surface area contributed by atoms with Gasteiger partial charge in [-0.05, 0) is 30.3 Å². The van der Waals surface area contributed by atoms with E-state index < -0.39 is 12.0 Å². The maximum atomic E-state index is 12.6. The highest BCUT2D eigenvalue weighted by molar-refractivity contribution is 5.95. The average molecular weight is 395 g/mol. The zero-order chi connectivity index (χ0) is 20.8. The van der Waals surface area contributed by atoms with Crippen LogP contribution in [0.2, 0.25) is 0 Å². The Morgan fingerprint density at radius 3 is 2.34 bits per heavy atom. The molecule has 1 atom stereocenters. The minimum atomic E-state index is -0.609. The van der Waals surface area contributed by atoms with Crippen LogP contribution in [-0.2, 0) is 16.1 Å². The number of nitrogens with zero attached hydrogens (tertiary/aromatic N) is 1. The molecule has 1 unspecified atom stereocenters. The van der Waals surface area contributed by atoms with Crippen LogP contribution in [0.3, 0.4) is 0 Å². The van der Waals surface area contributed by atoms with E-state index in [2.05, 4.69) is 10.6 Å². The highest BCUT2D eigenvalue weighted by Gasteiger charge is 2.33. The minimum absolute atomic E-state index is 0.360. The molecule has 2 amide bonds. The second-order valence-electron chi connectivity index (χ2n) is 6.85. The van der Waals surface area contributed by atoms with Gasteiger partial charge in [0.05, 0.1) is 25.8 Å². The third-order valence-electron chi connectivity index (χ3n) is 4.73. The Kier molecular flexibility index (Phi) is 6.51. The number of urea groups is 1. The first-order chi connectivity index (χ1) is 14.0. The summed E-state index contributed by atoms with van der Waals surface area (Å²) in [7, 11) is 4.86. The van der Waals surface area contributed by atoms with Gasteiger partial charge in [-0.3, -0.25) is 4.90 Å². The van der Waals surface area contributed by atoms with Crippen LogP contribution >= 0.6 is 0 Å². The first-order valence-electron chi connectivity index (χ1n) is 9.27. The van der Waals surface area contributed by atoms with E-state index in [4.69, 9.17) is 9.47 Å². The first kappa shape index (κ1) is 20.4. The van der Waals surface area contributed by atoms with Crippen molar-refractivity contribution in [1.29, 1.82) is 0 Å². The van der Waals surface area contributed by atoms with E-state index in [1.165, 1.54) is 7.11 Å². The highest BCUT2D eigenvalue weighted by atomic mass is 16.5. The third-order valence-corrected chi connectivity index (χ3v) is 4.73. The van der Waals surface area contributed by atoms with Gasteiger partial charge in [-0.15, -0.1) is 0 Å². The molecule has 3 rings (SSSR count). The molecular weight excluding hydrogens is 370 g/mol. The summed E-state index contributed by atoms with van der Waals surface area (Å²) in [5.74, 6) is 0.210. The molecule has 2 N–H and O–H groups in total. The quantitative estimate of drug-likeness (QED) is 0.705. The number of benzene rings is 2. The first-order valence-corrected chi connectivity index (χ1v) is 9.27. The maximum Gasteiger partial charge on any atom is 0.338 e. The molecule has 0 saturated heterocycles. The van der Waals surface area contributed by atoms with Gasteiger partial charge in [-0.25, -0.2) is 9.59 Å². The van der Waals surface area contributed by atoms with E-state index in [1.807, 2.05) is 54.4 Å². The van der Waals surface area contributed by atoms with Crippen molar-refractivity contribution in [2.75, 3.05) is 27.8 Å². The van der Waals surface area contributed by atoms with Crippen LogP contribution in [0.15, 0.2) is 65.9 Å². The number of hydrogen-bond donors (Lipinski definition) is 2. The number of carbonyl (C=O) groups is 2. The molecule has 1 aliphatic rings. The molecule has 0 spiro atoms. The number of methoxy groups -OCH3 is 2. The molecule has 7 nitrogen and oxygen atoms in total. The van der Waals surface area contributed by atoms with Crippen molar-refractivity contribution in [3.63, 3.8) is 0 Å². The van der Waals surface area contributed by atoms with Crippen molar-refractivity contribution in [1.82, 2.24) is 15.5 Å². The summed E-state index contributed by atoms with van der Waals surface area (Å²) >= 11 is 0. The molecule has 0 radical (unpaired) electrons. The molecule has 7 heteroatoms. The fraction of sp³-hybridized carbons (Fsp3) is 0.273. The zero-order valence-electron chi connectivity index (χ0n) is 16.8. The van der Waals surface area contributed by atoms with E-state index in [9.17, 15) is 9.59 Å². The number of carbonyl (C=O) groups excluding carboxylic acids is 2. The summed E-state index contributed by atoms with van der Waals surface area (Å²) < 4.78 is 10.2. The molecule has 29 heavy (non-hydrogen) atoms. The smallest absolute Gasteiger partial charge is 0.338 e. The number of nitrogens with one attached hydrogen (secondary N) is 2. The summed E-state index contributed by atoms with van der Waals surface area (Å²) in [5.41, 5.74) is 2.82. The fourth-order valence-electron chi connectivity index (χ4n) is 3.36. The van der Waals surface area contributed by atoms with E-state index in [1.54, 1.807) is 19.2 Å². The lowest BCUT2D eigenvalue weighted by atomic mass is 9.95. The predicted octanol–water partition coefficient (Wildman–Crippen LogP) is 2.61. The van der Waals surface area contributed by atoms with E-state index in [0.29, 0.717) is 30.1 Å². The van der Waals surface area contributed by atoms with Crippen molar-refractivity contribution in [3.8, 4) is 5.75 Å². The van der Waals surface area contributed by atoms with Gasteiger partial charge in [0.1, 0.15) is 5.75 Å². The molecule has 1 heterocycles. The lowest BCUT2D eigenvalue weighted by molar-refractivity contribution is -0.136. The van der Waals surface area contributed by atoms with Gasteiger partial charge in [0, 0.05) is 18.8 Å². The minimum Gasteiger partial charge on any atom is -0.497 e. The Morgan fingerprint density at radius 1 is 1.03 bits per heavy atom. The molecule has 152 valence electrons. The van der Waals surface area contributed by atoms with E-state index in [0.717, 1.165) is 11.1 Å². The highest BCUT2D eigenvalue weighted by Crippen LogP contribution is 2.29. The van der Waals surface area contributed by atoms with Crippen LogP contribution in [0, 0.1) is 0 Å². The summed E-state index contributed by atoms with van der Waals surface area (Å²) in [5, 5.41) is 5.60. The van der Waals surface area contributed by atoms with Crippen LogP contribution in [0.4, 0.5) is 4.79 Å². The van der Waals surface area contributed by atoms with Crippen LogP contribution in [0.1, 0.15) is 17.2 Å². The summed E-state index contributed by atoms with van der Waals surface area (Å²) in [4.78, 5) is 27.0. The predicted molar refractivity (Wildman–Crippen MR) is 109 cm³/mol. The van der Waals surface area contributed by atoms with Gasteiger partial charge in [0.2, 0.25) is 0 Å². The van der Waals surface area contributed by atoms with Crippen LogP contribution in [0.5, 0.6) is 5.75 Å². The van der Waals surface area contributed by atoms with Crippen LogP contribution < -0.4 is 15.4 Å². The topological polar surface area (TPSA) is 79.9 Å². The Labute approximate surface area is 170 Å². The number of rotatable bonds is 7. The van der Waals surface area contributed by atoms with E-state index >= 15 is 0 Å². The molecular formula is C22H25N3O4. The molecule has 2 aromatic carbocycles. The zero-order valence-corrected chi connectivity index (χ0v) is 16.8. The molecule has 0 fully saturated rings. The van der Waals surface area contributed by atoms with Crippen LogP contribution in [-0.4, -0.2) is 44.7 Å². The SMILES string of the molecule is COC(=O)C1=C(CN(C)Cc2ccccc2)NC(=O)NC1c1ccc(OC)cc1. The Bertz CT molecular complexity index is 894. The van der Waals surface area contributed by atoms with Gasteiger partial charge in [0.25, 0.3) is 0 Å². The second kappa shape index (κ2) is 9.25. The van der Waals surface area contributed by atoms with Gasteiger partial charge in [0.15, 0.2) is 0 Å². The van der Waals surface area contributed by atoms with Crippen molar-refractivity contribution in [2.24, 2.45) is 0 Å². The lowest BCUT2D eigenvalue weighted by Gasteiger charge is -2.31. The third kappa shape index (κ3) is 4.94. The number of likely N-dealkylation sites (N-methyl/N-ethyl adjacent to an activating group) is 1. The van der Waals surface area contributed by atoms with Gasteiger partial charge >= 0.3 is 12.0 Å². The van der Waals surface area contributed by atoms with Gasteiger partial charge < -0.3 is 20.1 Å². The van der Waals surface area contributed by atoms with E-state index in [-0.39, 0.29) is 6.03 Å². The summed E-state index contributed by atoms with van der Waals surface area (Å²) in [6, 6.07) is 16.3. The molecule has 0 aliphatic carbocycles. The number of hydrogen-bond acceptors (Lipinski definition) is 5. The van der Waals surface area contributed by atoms with Crippen molar-refractivity contribution < 1.29 is 19.1 Å². The second-order valence-corrected chi connectivity index (χ2v) is 6.85. The van der Waals surface area contributed by atoms with Crippen molar-refractivity contribution >= 4 is 12.0 Å². The molecule has 0 aromatic heterocycles. The molecule has 2 aromatic rings. The average Bonchev–Trinajstić information content (AvgIpc) is 2.73. The Hall–Kier alpha value is -3.32. The Morgan fingerprint density at radius 2 is 1.72 bits per heavy atom. The van der Waals surface area contributed by atoms with Crippen molar-refractivity contribution in [2.45, 2.75) is 12.6 Å². The number of amides is 2. The summed E-state index contributed by atoms with van der Waals surface area (Å²) in [6.07, 6.45) is 0. The number of ether oxygens (including phenoxy) is 2. The standard InChI is InChI=1S/C22H25N3O4/c1-25(13-15-7-5-4-6-8-15)14-18-19(21(26)29-3)20(24-22(27)23-18)16-9-11-17(28-2)12-10-16/h4-12,20H,13-14H2,1-3H3,(H2,23,24,27). The summed E-state index contributed by atoms with van der Waals surface area (Å²) in [6.45, 7) is 1.06. The molecule has 0 bridgehead atoms. The monoisotopic (exact) mass is 395 g/mol. The van der Waals surface area contributed by atoms with Crippen LogP contribution in [0.25, 0.3) is 0 Å². The Balaban J connectivity index is 1.91. The van der Waals surface area contributed by atoms with Gasteiger partial charge in [-0.2, -0.15) is 0 Å². The maximum absolute atomic E-state index is 12.6. The number of esters is 1. The lowest BCUT2D eigenvalue weighted by Crippen LogP contribution is -2.48. The fourth-order valence-corrected chi connectivity index (χ4v) is 3.36. The normalized spacial score (nSPS) is 16.3. The molecule has 1 aliphatic heterocycles. The van der Waals surface area contributed by atoms with Crippen molar-refractivity contribution in [3.05, 3.63) is 77.0 Å².